The van der Waals surface area contributed by atoms with Gasteiger partial charge in [0.2, 0.25) is 0 Å². The summed E-state index contributed by atoms with van der Waals surface area (Å²) in [5.74, 6) is 0.0973. The quantitative estimate of drug-likeness (QED) is 0.607. The van der Waals surface area contributed by atoms with Crippen molar-refractivity contribution in [3.05, 3.63) is 88.4 Å². The van der Waals surface area contributed by atoms with E-state index in [0.29, 0.717) is 28.3 Å². The zero-order valence-corrected chi connectivity index (χ0v) is 16.1. The first kappa shape index (κ1) is 18.7. The topological polar surface area (TPSA) is 67.4 Å². The number of hydrogen-bond acceptors (Lipinski definition) is 3. The molecule has 0 aliphatic heterocycles. The molecule has 0 bridgehead atoms. The number of benzene rings is 3. The van der Waals surface area contributed by atoms with Crippen LogP contribution in [0.4, 0.5) is 11.4 Å². The number of amides is 2. The largest absolute Gasteiger partial charge is 0.495 e. The summed E-state index contributed by atoms with van der Waals surface area (Å²) in [5, 5.41) is 5.63. The van der Waals surface area contributed by atoms with Crippen LogP contribution in [0.2, 0.25) is 0 Å². The molecule has 2 N–H and O–H groups in total. The van der Waals surface area contributed by atoms with Crippen LogP contribution in [-0.2, 0) is 0 Å². The molecule has 2 amide bonds. The smallest absolute Gasteiger partial charge is 0.256 e. The number of carbonyl (C=O) groups excluding carboxylic acids is 2. The molecular weight excluding hydrogens is 408 g/mol. The number of rotatable bonds is 5. The van der Waals surface area contributed by atoms with Gasteiger partial charge in [0.25, 0.3) is 11.8 Å². The second-order valence-corrected chi connectivity index (χ2v) is 6.52. The Balaban J connectivity index is 1.69. The number of para-hydroxylation sites is 2. The number of hydrogen-bond donors (Lipinski definition) is 2. The van der Waals surface area contributed by atoms with E-state index in [0.717, 1.165) is 4.47 Å². The lowest BCUT2D eigenvalue weighted by Crippen LogP contribution is -2.14. The number of halogens is 1. The van der Waals surface area contributed by atoms with Crippen LogP contribution in [0.1, 0.15) is 20.7 Å². The Labute approximate surface area is 165 Å². The summed E-state index contributed by atoms with van der Waals surface area (Å²) in [6.07, 6.45) is 0. The Bertz CT molecular complexity index is 971. The van der Waals surface area contributed by atoms with E-state index in [1.54, 1.807) is 61.7 Å². The fraction of sp³-hybridized carbons (Fsp3) is 0.0476. The molecule has 3 aromatic carbocycles. The standard InChI is InChI=1S/C21H17BrN2O3/c1-27-19-9-5-4-8-18(19)24-20(25)14-10-12-15(13-11-14)23-21(26)16-6-2-3-7-17(16)22/h2-13H,1H3,(H,23,26)(H,24,25). The van der Waals surface area contributed by atoms with Crippen LogP contribution in [0.5, 0.6) is 5.75 Å². The van der Waals surface area contributed by atoms with Gasteiger partial charge in [-0.2, -0.15) is 0 Å². The second-order valence-electron chi connectivity index (χ2n) is 5.67. The molecule has 0 saturated carbocycles. The molecule has 136 valence electrons. The monoisotopic (exact) mass is 424 g/mol. The van der Waals surface area contributed by atoms with Crippen LogP contribution in [-0.4, -0.2) is 18.9 Å². The Morgan fingerprint density at radius 3 is 2.19 bits per heavy atom. The lowest BCUT2D eigenvalue weighted by Gasteiger charge is -2.10. The van der Waals surface area contributed by atoms with E-state index in [-0.39, 0.29) is 11.8 Å². The molecule has 5 nitrogen and oxygen atoms in total. The zero-order valence-electron chi connectivity index (χ0n) is 14.5. The average Bonchev–Trinajstić information content (AvgIpc) is 2.69. The van der Waals surface area contributed by atoms with E-state index >= 15 is 0 Å². The minimum absolute atomic E-state index is 0.228. The highest BCUT2D eigenvalue weighted by Crippen LogP contribution is 2.24. The molecule has 0 atom stereocenters. The lowest BCUT2D eigenvalue weighted by atomic mass is 10.1. The molecule has 3 rings (SSSR count). The van der Waals surface area contributed by atoms with Crippen molar-refractivity contribution in [2.45, 2.75) is 0 Å². The van der Waals surface area contributed by atoms with Gasteiger partial charge in [-0.05, 0) is 64.5 Å². The van der Waals surface area contributed by atoms with Crippen molar-refractivity contribution in [1.82, 2.24) is 0 Å². The summed E-state index contributed by atoms with van der Waals surface area (Å²) in [6.45, 7) is 0. The van der Waals surface area contributed by atoms with E-state index in [9.17, 15) is 9.59 Å². The van der Waals surface area contributed by atoms with Gasteiger partial charge in [-0.1, -0.05) is 24.3 Å². The molecule has 0 fully saturated rings. The first-order valence-corrected chi connectivity index (χ1v) is 8.98. The van der Waals surface area contributed by atoms with Crippen molar-refractivity contribution in [3.8, 4) is 5.75 Å². The van der Waals surface area contributed by atoms with Gasteiger partial charge < -0.3 is 15.4 Å². The molecule has 0 unspecified atom stereocenters. The Hall–Kier alpha value is -3.12. The number of carbonyl (C=O) groups is 2. The van der Waals surface area contributed by atoms with Gasteiger partial charge in [0, 0.05) is 15.7 Å². The van der Waals surface area contributed by atoms with Crippen LogP contribution < -0.4 is 15.4 Å². The van der Waals surface area contributed by atoms with Crippen molar-refractivity contribution >= 4 is 39.1 Å². The highest BCUT2D eigenvalue weighted by atomic mass is 79.9. The van der Waals surface area contributed by atoms with E-state index < -0.39 is 0 Å². The maximum absolute atomic E-state index is 12.4. The SMILES string of the molecule is COc1ccccc1NC(=O)c1ccc(NC(=O)c2ccccc2Br)cc1. The predicted octanol–water partition coefficient (Wildman–Crippen LogP) is 4.96. The molecule has 0 radical (unpaired) electrons. The van der Waals surface area contributed by atoms with Crippen LogP contribution in [0, 0.1) is 0 Å². The van der Waals surface area contributed by atoms with Crippen LogP contribution in [0.15, 0.2) is 77.3 Å². The third-order valence-electron chi connectivity index (χ3n) is 3.88. The summed E-state index contributed by atoms with van der Waals surface area (Å²) in [7, 11) is 1.55. The van der Waals surface area contributed by atoms with Crippen molar-refractivity contribution in [1.29, 1.82) is 0 Å². The minimum atomic E-state index is -0.261. The Kier molecular flexibility index (Phi) is 5.88. The molecule has 3 aromatic rings. The Morgan fingerprint density at radius 2 is 1.48 bits per heavy atom. The Morgan fingerprint density at radius 1 is 0.815 bits per heavy atom. The van der Waals surface area contributed by atoms with Gasteiger partial charge in [0.15, 0.2) is 0 Å². The van der Waals surface area contributed by atoms with Gasteiger partial charge in [0.05, 0.1) is 18.4 Å². The number of ether oxygens (including phenoxy) is 1. The summed E-state index contributed by atoms with van der Waals surface area (Å²) >= 11 is 3.36. The molecule has 0 aliphatic carbocycles. The summed E-state index contributed by atoms with van der Waals surface area (Å²) in [5.41, 5.74) is 2.20. The fourth-order valence-electron chi connectivity index (χ4n) is 2.49. The highest BCUT2D eigenvalue weighted by Gasteiger charge is 2.12. The minimum Gasteiger partial charge on any atom is -0.495 e. The molecule has 0 saturated heterocycles. The molecular formula is C21H17BrN2O3. The number of anilines is 2. The second kappa shape index (κ2) is 8.51. The van der Waals surface area contributed by atoms with E-state index in [1.165, 1.54) is 0 Å². The molecule has 0 heterocycles. The van der Waals surface area contributed by atoms with Gasteiger partial charge in [-0.15, -0.1) is 0 Å². The first-order valence-electron chi connectivity index (χ1n) is 8.19. The molecule has 27 heavy (non-hydrogen) atoms. The van der Waals surface area contributed by atoms with Crippen LogP contribution in [0.3, 0.4) is 0 Å². The van der Waals surface area contributed by atoms with Crippen molar-refractivity contribution in [3.63, 3.8) is 0 Å². The van der Waals surface area contributed by atoms with Crippen LogP contribution >= 0.6 is 15.9 Å². The zero-order chi connectivity index (χ0) is 19.2. The van der Waals surface area contributed by atoms with Gasteiger partial charge in [-0.3, -0.25) is 9.59 Å². The lowest BCUT2D eigenvalue weighted by molar-refractivity contribution is 0.101. The van der Waals surface area contributed by atoms with E-state index in [1.807, 2.05) is 18.2 Å². The summed E-state index contributed by atoms with van der Waals surface area (Å²) < 4.78 is 5.95. The van der Waals surface area contributed by atoms with Crippen molar-refractivity contribution < 1.29 is 14.3 Å². The highest BCUT2D eigenvalue weighted by molar-refractivity contribution is 9.10. The van der Waals surface area contributed by atoms with Crippen molar-refractivity contribution in [2.75, 3.05) is 17.7 Å². The summed E-state index contributed by atoms with van der Waals surface area (Å²) in [6, 6.07) is 21.0. The van der Waals surface area contributed by atoms with Gasteiger partial charge in [-0.25, -0.2) is 0 Å². The number of nitrogens with one attached hydrogen (secondary N) is 2. The molecule has 0 aromatic heterocycles. The normalized spacial score (nSPS) is 10.1. The number of methoxy groups -OCH3 is 1. The summed E-state index contributed by atoms with van der Waals surface area (Å²) in [4.78, 5) is 24.8. The van der Waals surface area contributed by atoms with Crippen LogP contribution in [0.25, 0.3) is 0 Å². The van der Waals surface area contributed by atoms with E-state index in [4.69, 9.17) is 4.74 Å². The molecule has 0 aliphatic rings. The van der Waals surface area contributed by atoms with Gasteiger partial charge in [0.1, 0.15) is 5.75 Å². The molecule has 6 heteroatoms. The first-order chi connectivity index (χ1) is 13.1. The fourth-order valence-corrected chi connectivity index (χ4v) is 2.96. The maximum atomic E-state index is 12.4. The maximum Gasteiger partial charge on any atom is 0.256 e. The van der Waals surface area contributed by atoms with E-state index in [2.05, 4.69) is 26.6 Å². The van der Waals surface area contributed by atoms with Crippen molar-refractivity contribution in [2.24, 2.45) is 0 Å². The van der Waals surface area contributed by atoms with Gasteiger partial charge >= 0.3 is 0 Å². The average molecular weight is 425 g/mol. The molecule has 0 spiro atoms. The third-order valence-corrected chi connectivity index (χ3v) is 4.57. The predicted molar refractivity (Wildman–Crippen MR) is 109 cm³/mol. The third kappa shape index (κ3) is 4.54.